The van der Waals surface area contributed by atoms with Crippen LogP contribution in [-0.4, -0.2) is 22.6 Å². The molecular weight excluding hydrogens is 242 g/mol. The standard InChI is InChI=1S/C14H21N3S/c1-10-8-12(14(15)18)9-13(16-10)17-7-5-3-4-6-11(17)2/h8-9,11H,3-7H2,1-2H3,(H2,15,18). The summed E-state index contributed by atoms with van der Waals surface area (Å²) < 4.78 is 0. The summed E-state index contributed by atoms with van der Waals surface area (Å²) in [4.78, 5) is 7.48. The first-order valence-electron chi connectivity index (χ1n) is 6.63. The van der Waals surface area contributed by atoms with Crippen LogP contribution in [0, 0.1) is 6.92 Å². The van der Waals surface area contributed by atoms with Crippen LogP contribution in [0.4, 0.5) is 5.82 Å². The van der Waals surface area contributed by atoms with Gasteiger partial charge in [0.2, 0.25) is 0 Å². The highest BCUT2D eigenvalue weighted by Gasteiger charge is 2.19. The molecule has 2 heterocycles. The van der Waals surface area contributed by atoms with Crippen LogP contribution in [-0.2, 0) is 0 Å². The third kappa shape index (κ3) is 2.99. The molecule has 1 saturated heterocycles. The van der Waals surface area contributed by atoms with Crippen molar-refractivity contribution < 1.29 is 0 Å². The first kappa shape index (κ1) is 13.3. The molecule has 1 aliphatic rings. The molecule has 0 spiro atoms. The smallest absolute Gasteiger partial charge is 0.129 e. The molecule has 1 aliphatic heterocycles. The zero-order valence-corrected chi connectivity index (χ0v) is 12.0. The van der Waals surface area contributed by atoms with Crippen molar-refractivity contribution in [3.63, 3.8) is 0 Å². The van der Waals surface area contributed by atoms with Gasteiger partial charge in [0.25, 0.3) is 0 Å². The zero-order chi connectivity index (χ0) is 13.1. The van der Waals surface area contributed by atoms with Crippen LogP contribution in [0.25, 0.3) is 0 Å². The number of pyridine rings is 1. The minimum atomic E-state index is 0.448. The van der Waals surface area contributed by atoms with E-state index in [4.69, 9.17) is 18.0 Å². The van der Waals surface area contributed by atoms with Crippen molar-refractivity contribution in [2.45, 2.75) is 45.6 Å². The lowest BCUT2D eigenvalue weighted by atomic mass is 10.1. The molecule has 0 amide bonds. The number of rotatable bonds is 2. The number of thiocarbonyl (C=S) groups is 1. The molecule has 1 aromatic rings. The number of hydrogen-bond donors (Lipinski definition) is 1. The van der Waals surface area contributed by atoms with Crippen LogP contribution in [0.1, 0.15) is 43.9 Å². The van der Waals surface area contributed by atoms with Crippen molar-refractivity contribution in [1.82, 2.24) is 4.98 Å². The highest BCUT2D eigenvalue weighted by molar-refractivity contribution is 7.80. The Morgan fingerprint density at radius 1 is 1.39 bits per heavy atom. The van der Waals surface area contributed by atoms with Gasteiger partial charge in [-0.15, -0.1) is 0 Å². The van der Waals surface area contributed by atoms with E-state index >= 15 is 0 Å². The first-order chi connectivity index (χ1) is 8.58. The molecule has 2 N–H and O–H groups in total. The fraction of sp³-hybridized carbons (Fsp3) is 0.571. The van der Waals surface area contributed by atoms with E-state index in [2.05, 4.69) is 16.8 Å². The third-order valence-electron chi connectivity index (χ3n) is 3.57. The van der Waals surface area contributed by atoms with Gasteiger partial charge in [-0.2, -0.15) is 0 Å². The van der Waals surface area contributed by atoms with Crippen molar-refractivity contribution in [2.24, 2.45) is 5.73 Å². The van der Waals surface area contributed by atoms with Crippen molar-refractivity contribution in [3.05, 3.63) is 23.4 Å². The molecule has 4 heteroatoms. The number of anilines is 1. The molecule has 3 nitrogen and oxygen atoms in total. The Labute approximate surface area is 114 Å². The highest BCUT2D eigenvalue weighted by Crippen LogP contribution is 2.23. The molecule has 2 rings (SSSR count). The minimum Gasteiger partial charge on any atom is -0.389 e. The van der Waals surface area contributed by atoms with E-state index in [1.54, 1.807) is 0 Å². The Balaban J connectivity index is 2.33. The predicted molar refractivity (Wildman–Crippen MR) is 80.1 cm³/mol. The van der Waals surface area contributed by atoms with E-state index in [1.165, 1.54) is 25.7 Å². The summed E-state index contributed by atoms with van der Waals surface area (Å²) in [5, 5.41) is 0. The van der Waals surface area contributed by atoms with Crippen molar-refractivity contribution in [3.8, 4) is 0 Å². The molecule has 0 aliphatic carbocycles. The summed E-state index contributed by atoms with van der Waals surface area (Å²) in [5.74, 6) is 1.02. The van der Waals surface area contributed by atoms with Gasteiger partial charge in [-0.25, -0.2) is 4.98 Å². The van der Waals surface area contributed by atoms with Crippen LogP contribution < -0.4 is 10.6 Å². The van der Waals surface area contributed by atoms with E-state index < -0.39 is 0 Å². The Morgan fingerprint density at radius 3 is 2.89 bits per heavy atom. The summed E-state index contributed by atoms with van der Waals surface area (Å²) in [6.45, 7) is 5.35. The number of aromatic nitrogens is 1. The van der Waals surface area contributed by atoms with E-state index in [1.807, 2.05) is 19.1 Å². The molecule has 1 fully saturated rings. The lowest BCUT2D eigenvalue weighted by Gasteiger charge is -2.29. The number of hydrogen-bond acceptors (Lipinski definition) is 3. The number of nitrogens with zero attached hydrogens (tertiary/aromatic N) is 2. The topological polar surface area (TPSA) is 42.1 Å². The molecule has 0 radical (unpaired) electrons. The van der Waals surface area contributed by atoms with E-state index in [0.717, 1.165) is 23.6 Å². The quantitative estimate of drug-likeness (QED) is 0.833. The third-order valence-corrected chi connectivity index (χ3v) is 3.81. The minimum absolute atomic E-state index is 0.448. The Kier molecular flexibility index (Phi) is 4.17. The average Bonchev–Trinajstić information content (AvgIpc) is 2.53. The number of nitrogens with two attached hydrogens (primary N) is 1. The molecule has 1 atom stereocenters. The zero-order valence-electron chi connectivity index (χ0n) is 11.1. The van der Waals surface area contributed by atoms with Crippen molar-refractivity contribution >= 4 is 23.0 Å². The van der Waals surface area contributed by atoms with E-state index in [-0.39, 0.29) is 0 Å². The second kappa shape index (κ2) is 5.65. The molecular formula is C14H21N3S. The summed E-state index contributed by atoms with van der Waals surface area (Å²) in [6.07, 6.45) is 5.10. The van der Waals surface area contributed by atoms with E-state index in [9.17, 15) is 0 Å². The van der Waals surface area contributed by atoms with Crippen LogP contribution in [0.5, 0.6) is 0 Å². The van der Waals surface area contributed by atoms with Crippen LogP contribution >= 0.6 is 12.2 Å². The fourth-order valence-corrected chi connectivity index (χ4v) is 2.67. The second-order valence-corrected chi connectivity index (χ2v) is 5.55. The molecule has 98 valence electrons. The maximum atomic E-state index is 5.73. The lowest BCUT2D eigenvalue weighted by molar-refractivity contribution is 0.611. The second-order valence-electron chi connectivity index (χ2n) is 5.11. The molecule has 1 aromatic heterocycles. The monoisotopic (exact) mass is 263 g/mol. The highest BCUT2D eigenvalue weighted by atomic mass is 32.1. The van der Waals surface area contributed by atoms with Gasteiger partial charge in [-0.05, 0) is 38.8 Å². The van der Waals surface area contributed by atoms with Gasteiger partial charge in [0.15, 0.2) is 0 Å². The molecule has 18 heavy (non-hydrogen) atoms. The number of aryl methyl sites for hydroxylation is 1. The van der Waals surface area contributed by atoms with Gasteiger partial charge < -0.3 is 10.6 Å². The molecule has 1 unspecified atom stereocenters. The predicted octanol–water partition coefficient (Wildman–Crippen LogP) is 2.79. The summed E-state index contributed by atoms with van der Waals surface area (Å²) >= 11 is 5.07. The largest absolute Gasteiger partial charge is 0.389 e. The van der Waals surface area contributed by atoms with Crippen molar-refractivity contribution in [2.75, 3.05) is 11.4 Å². The van der Waals surface area contributed by atoms with Gasteiger partial charge in [-0.1, -0.05) is 25.1 Å². The van der Waals surface area contributed by atoms with Crippen LogP contribution in [0.3, 0.4) is 0 Å². The van der Waals surface area contributed by atoms with Crippen LogP contribution in [0.2, 0.25) is 0 Å². The van der Waals surface area contributed by atoms with Gasteiger partial charge >= 0.3 is 0 Å². The summed E-state index contributed by atoms with van der Waals surface area (Å²) in [6, 6.07) is 4.52. The Bertz CT molecular complexity index is 445. The van der Waals surface area contributed by atoms with Gasteiger partial charge in [0, 0.05) is 23.8 Å². The van der Waals surface area contributed by atoms with E-state index in [0.29, 0.717) is 11.0 Å². The first-order valence-corrected chi connectivity index (χ1v) is 7.04. The van der Waals surface area contributed by atoms with Gasteiger partial charge in [0.05, 0.1) is 0 Å². The maximum Gasteiger partial charge on any atom is 0.129 e. The average molecular weight is 263 g/mol. The fourth-order valence-electron chi connectivity index (χ4n) is 2.56. The molecule has 0 bridgehead atoms. The summed E-state index contributed by atoms with van der Waals surface area (Å²) in [7, 11) is 0. The van der Waals surface area contributed by atoms with Crippen molar-refractivity contribution in [1.29, 1.82) is 0 Å². The normalized spacial score (nSPS) is 20.6. The van der Waals surface area contributed by atoms with Gasteiger partial charge in [-0.3, -0.25) is 0 Å². The molecule has 0 aromatic carbocycles. The SMILES string of the molecule is Cc1cc(C(N)=S)cc(N2CCCCCC2C)n1. The maximum absolute atomic E-state index is 5.73. The van der Waals surface area contributed by atoms with Crippen LogP contribution in [0.15, 0.2) is 12.1 Å². The lowest BCUT2D eigenvalue weighted by Crippen LogP contribution is -2.33. The Morgan fingerprint density at radius 2 is 2.17 bits per heavy atom. The van der Waals surface area contributed by atoms with Gasteiger partial charge in [0.1, 0.15) is 10.8 Å². The summed E-state index contributed by atoms with van der Waals surface area (Å²) in [5.41, 5.74) is 7.63. The Hall–Kier alpha value is -1.16. The molecule has 0 saturated carbocycles.